The number of rotatable bonds is 6. The molecule has 2 aromatic rings. The molecule has 1 aliphatic rings. The highest BCUT2D eigenvalue weighted by atomic mass is 16.5. The zero-order valence-corrected chi connectivity index (χ0v) is 18.9. The largest absolute Gasteiger partial charge is 0.496 e. The highest BCUT2D eigenvalue weighted by molar-refractivity contribution is 5.94. The van der Waals surface area contributed by atoms with Crippen molar-refractivity contribution in [2.75, 3.05) is 39.8 Å². The summed E-state index contributed by atoms with van der Waals surface area (Å²) in [5.74, 6) is 1.67. The number of hydrogen-bond donors (Lipinski definition) is 0. The van der Waals surface area contributed by atoms with Crippen molar-refractivity contribution in [2.24, 2.45) is 0 Å². The summed E-state index contributed by atoms with van der Waals surface area (Å²) >= 11 is 0. The molecule has 0 radical (unpaired) electrons. The molecule has 162 valence electrons. The van der Waals surface area contributed by atoms with E-state index in [2.05, 4.69) is 38.7 Å². The zero-order chi connectivity index (χ0) is 21.7. The monoisotopic (exact) mass is 410 g/mol. The Hall–Kier alpha value is -2.53. The lowest BCUT2D eigenvalue weighted by molar-refractivity contribution is 0.0643. The Bertz CT molecular complexity index is 865. The number of carbonyl (C=O) groups excluding carboxylic acids is 1. The molecule has 0 aliphatic carbocycles. The van der Waals surface area contributed by atoms with Crippen LogP contribution >= 0.6 is 0 Å². The maximum Gasteiger partial charge on any atom is 0.253 e. The number of methoxy groups -OCH3 is 1. The third kappa shape index (κ3) is 5.14. The Morgan fingerprint density at radius 3 is 2.33 bits per heavy atom. The molecule has 0 N–H and O–H groups in total. The first kappa shape index (κ1) is 22.2. The van der Waals surface area contributed by atoms with Gasteiger partial charge >= 0.3 is 0 Å². The number of likely N-dealkylation sites (N-methyl/N-ethyl adjacent to an activating group) is 1. The summed E-state index contributed by atoms with van der Waals surface area (Å²) in [6.07, 6.45) is 0. The van der Waals surface area contributed by atoms with Gasteiger partial charge in [0.25, 0.3) is 5.91 Å². The van der Waals surface area contributed by atoms with Gasteiger partial charge < -0.3 is 19.3 Å². The van der Waals surface area contributed by atoms with Crippen LogP contribution in [0.15, 0.2) is 42.5 Å². The second-order valence-electron chi connectivity index (χ2n) is 8.79. The van der Waals surface area contributed by atoms with Crippen LogP contribution in [-0.2, 0) is 12.0 Å². The highest BCUT2D eigenvalue weighted by Crippen LogP contribution is 2.32. The van der Waals surface area contributed by atoms with Gasteiger partial charge in [-0.2, -0.15) is 0 Å². The fraction of sp³-hybridized carbons (Fsp3) is 0.480. The lowest BCUT2D eigenvalue weighted by Gasteiger charge is -2.34. The van der Waals surface area contributed by atoms with Crippen molar-refractivity contribution in [3.8, 4) is 11.5 Å². The molecule has 0 spiro atoms. The molecule has 1 fully saturated rings. The second-order valence-corrected chi connectivity index (χ2v) is 8.79. The molecule has 0 saturated carbocycles. The molecule has 0 bridgehead atoms. The smallest absolute Gasteiger partial charge is 0.253 e. The van der Waals surface area contributed by atoms with Gasteiger partial charge in [0, 0.05) is 37.3 Å². The van der Waals surface area contributed by atoms with Gasteiger partial charge in [-0.05, 0) is 41.8 Å². The van der Waals surface area contributed by atoms with Crippen molar-refractivity contribution in [2.45, 2.75) is 39.7 Å². The average molecular weight is 411 g/mol. The molecule has 30 heavy (non-hydrogen) atoms. The topological polar surface area (TPSA) is 42.0 Å². The van der Waals surface area contributed by atoms with Crippen LogP contribution in [0.2, 0.25) is 0 Å². The van der Waals surface area contributed by atoms with Crippen LogP contribution in [0.3, 0.4) is 0 Å². The number of piperazine rings is 1. The molecule has 1 heterocycles. The van der Waals surface area contributed by atoms with Gasteiger partial charge in [0.15, 0.2) is 0 Å². The lowest BCUT2D eigenvalue weighted by atomic mass is 9.86. The predicted molar refractivity (Wildman–Crippen MR) is 120 cm³/mol. The maximum absolute atomic E-state index is 13.0. The molecular formula is C25H34N2O3. The summed E-state index contributed by atoms with van der Waals surface area (Å²) in [7, 11) is 1.65. The molecule has 1 aliphatic heterocycles. The van der Waals surface area contributed by atoms with E-state index in [1.54, 1.807) is 7.11 Å². The van der Waals surface area contributed by atoms with Crippen molar-refractivity contribution >= 4 is 5.91 Å². The predicted octanol–water partition coefficient (Wildman–Crippen LogP) is 4.35. The fourth-order valence-electron chi connectivity index (χ4n) is 3.84. The van der Waals surface area contributed by atoms with Gasteiger partial charge in [0.2, 0.25) is 0 Å². The molecule has 0 atom stereocenters. The van der Waals surface area contributed by atoms with E-state index in [-0.39, 0.29) is 11.3 Å². The summed E-state index contributed by atoms with van der Waals surface area (Å²) in [4.78, 5) is 17.3. The molecule has 5 heteroatoms. The third-order valence-electron chi connectivity index (χ3n) is 5.71. The van der Waals surface area contributed by atoms with E-state index < -0.39 is 0 Å². The van der Waals surface area contributed by atoms with Crippen molar-refractivity contribution in [1.82, 2.24) is 9.80 Å². The molecule has 2 aromatic carbocycles. The zero-order valence-electron chi connectivity index (χ0n) is 18.9. The minimum Gasteiger partial charge on any atom is -0.496 e. The van der Waals surface area contributed by atoms with Gasteiger partial charge in [0.1, 0.15) is 18.1 Å². The van der Waals surface area contributed by atoms with E-state index >= 15 is 0 Å². The van der Waals surface area contributed by atoms with Gasteiger partial charge in [-0.25, -0.2) is 0 Å². The number of hydrogen-bond acceptors (Lipinski definition) is 4. The summed E-state index contributed by atoms with van der Waals surface area (Å²) in [6, 6.07) is 13.7. The first-order chi connectivity index (χ1) is 14.3. The second kappa shape index (κ2) is 9.52. The summed E-state index contributed by atoms with van der Waals surface area (Å²) < 4.78 is 11.7. The average Bonchev–Trinajstić information content (AvgIpc) is 2.76. The molecule has 1 saturated heterocycles. The van der Waals surface area contributed by atoms with E-state index in [4.69, 9.17) is 9.47 Å². The minimum absolute atomic E-state index is 0.0148. The molecule has 1 amide bonds. The van der Waals surface area contributed by atoms with E-state index in [0.717, 1.165) is 55.3 Å². The summed E-state index contributed by atoms with van der Waals surface area (Å²) in [5.41, 5.74) is 2.70. The Labute approximate surface area is 180 Å². The molecule has 5 nitrogen and oxygen atoms in total. The summed E-state index contributed by atoms with van der Waals surface area (Å²) in [5, 5.41) is 0. The van der Waals surface area contributed by atoms with Crippen LogP contribution < -0.4 is 9.47 Å². The van der Waals surface area contributed by atoms with Gasteiger partial charge in [-0.1, -0.05) is 45.9 Å². The number of benzene rings is 2. The summed E-state index contributed by atoms with van der Waals surface area (Å²) in [6.45, 7) is 13.4. The van der Waals surface area contributed by atoms with E-state index in [1.165, 1.54) is 0 Å². The normalized spacial score (nSPS) is 15.2. The Kier molecular flexibility index (Phi) is 7.03. The number of para-hydroxylation sites is 1. The lowest BCUT2D eigenvalue weighted by Crippen LogP contribution is -2.48. The maximum atomic E-state index is 13.0. The Morgan fingerprint density at radius 1 is 1.00 bits per heavy atom. The van der Waals surface area contributed by atoms with Crippen LogP contribution in [0.4, 0.5) is 0 Å². The van der Waals surface area contributed by atoms with Crippen molar-refractivity contribution < 1.29 is 14.3 Å². The molecular weight excluding hydrogens is 376 g/mol. The van der Waals surface area contributed by atoms with Crippen LogP contribution in [0, 0.1) is 0 Å². The number of carbonyl (C=O) groups is 1. The highest BCUT2D eigenvalue weighted by Gasteiger charge is 2.23. The SMILES string of the molecule is CCN1CCN(C(=O)c2ccc(OC)c(COc3ccccc3C(C)(C)C)c2)CC1. The van der Waals surface area contributed by atoms with E-state index in [0.29, 0.717) is 12.2 Å². The van der Waals surface area contributed by atoms with Gasteiger partial charge in [0.05, 0.1) is 7.11 Å². The fourth-order valence-corrected chi connectivity index (χ4v) is 3.84. The molecule has 0 aromatic heterocycles. The first-order valence-corrected chi connectivity index (χ1v) is 10.7. The Morgan fingerprint density at radius 2 is 1.70 bits per heavy atom. The van der Waals surface area contributed by atoms with Gasteiger partial charge in [-0.15, -0.1) is 0 Å². The van der Waals surface area contributed by atoms with Crippen LogP contribution in [0.5, 0.6) is 11.5 Å². The van der Waals surface area contributed by atoms with E-state index in [1.807, 2.05) is 41.3 Å². The first-order valence-electron chi connectivity index (χ1n) is 10.7. The van der Waals surface area contributed by atoms with Crippen molar-refractivity contribution in [3.63, 3.8) is 0 Å². The van der Waals surface area contributed by atoms with Crippen molar-refractivity contribution in [1.29, 1.82) is 0 Å². The van der Waals surface area contributed by atoms with Crippen LogP contribution in [0.25, 0.3) is 0 Å². The van der Waals surface area contributed by atoms with Crippen molar-refractivity contribution in [3.05, 3.63) is 59.2 Å². The standard InChI is InChI=1S/C25H34N2O3/c1-6-26-13-15-27(16-14-26)24(28)19-11-12-22(29-5)20(17-19)18-30-23-10-8-7-9-21(23)25(2,3)4/h7-12,17H,6,13-16,18H2,1-5H3. The Balaban J connectivity index is 1.77. The van der Waals surface area contributed by atoms with Crippen LogP contribution in [-0.4, -0.2) is 55.5 Å². The van der Waals surface area contributed by atoms with E-state index in [9.17, 15) is 4.79 Å². The minimum atomic E-state index is -0.0148. The molecule has 0 unspecified atom stereocenters. The number of nitrogens with zero attached hydrogens (tertiary/aromatic N) is 2. The quantitative estimate of drug-likeness (QED) is 0.710. The van der Waals surface area contributed by atoms with Crippen LogP contribution in [0.1, 0.15) is 49.2 Å². The molecule has 3 rings (SSSR count). The third-order valence-corrected chi connectivity index (χ3v) is 5.71. The number of ether oxygens (including phenoxy) is 2. The number of amides is 1. The van der Waals surface area contributed by atoms with Gasteiger partial charge in [-0.3, -0.25) is 4.79 Å².